The van der Waals surface area contributed by atoms with Crippen LogP contribution in [0.2, 0.25) is 5.02 Å². The van der Waals surface area contributed by atoms with E-state index >= 15 is 0 Å². The molecule has 0 unspecified atom stereocenters. The zero-order chi connectivity index (χ0) is 19.9. The fourth-order valence-electron chi connectivity index (χ4n) is 2.62. The molecule has 0 saturated heterocycles. The fraction of sp³-hybridized carbons (Fsp3) is 0.0435. The molecule has 3 rings (SSSR count). The van der Waals surface area contributed by atoms with E-state index in [1.54, 1.807) is 67.8 Å². The minimum atomic E-state index is -0.527. The number of allylic oxidation sites excluding steroid dienone is 1. The maximum atomic E-state index is 12.2. The van der Waals surface area contributed by atoms with Crippen molar-refractivity contribution in [3.8, 4) is 17.6 Å². The van der Waals surface area contributed by atoms with E-state index in [9.17, 15) is 10.1 Å². The van der Waals surface area contributed by atoms with Crippen LogP contribution in [0.25, 0.3) is 11.6 Å². The van der Waals surface area contributed by atoms with E-state index in [1.165, 1.54) is 0 Å². The Kier molecular flexibility index (Phi) is 6.11. The van der Waals surface area contributed by atoms with Gasteiger partial charge in [0, 0.05) is 5.56 Å². The van der Waals surface area contributed by atoms with Crippen molar-refractivity contribution in [3.63, 3.8) is 0 Å². The molecule has 3 aromatic carbocycles. The molecule has 0 heterocycles. The van der Waals surface area contributed by atoms with Gasteiger partial charge in [-0.25, -0.2) is 4.79 Å². The summed E-state index contributed by atoms with van der Waals surface area (Å²) in [5.74, 6) is 0.485. The topological polar surface area (TPSA) is 59.3 Å². The van der Waals surface area contributed by atoms with Gasteiger partial charge in [-0.2, -0.15) is 5.26 Å². The van der Waals surface area contributed by atoms with Gasteiger partial charge in [-0.1, -0.05) is 48.0 Å². The number of nitriles is 1. The number of esters is 1. The van der Waals surface area contributed by atoms with Gasteiger partial charge in [-0.05, 0) is 48.0 Å². The first kappa shape index (κ1) is 19.2. The fourth-order valence-corrected chi connectivity index (χ4v) is 2.84. The van der Waals surface area contributed by atoms with Gasteiger partial charge in [0.15, 0.2) is 0 Å². The third kappa shape index (κ3) is 4.40. The smallest absolute Gasteiger partial charge is 0.345 e. The number of carbonyl (C=O) groups is 1. The summed E-state index contributed by atoms with van der Waals surface area (Å²) >= 11 is 6.02. The number of methoxy groups -OCH3 is 1. The lowest BCUT2D eigenvalue weighted by Crippen LogP contribution is -2.08. The number of hydrogen-bond donors (Lipinski definition) is 0. The quantitative estimate of drug-likeness (QED) is 0.245. The van der Waals surface area contributed by atoms with Gasteiger partial charge in [0.05, 0.1) is 29.3 Å². The summed E-state index contributed by atoms with van der Waals surface area (Å²) in [5, 5.41) is 9.87. The maximum Gasteiger partial charge on any atom is 0.345 e. The second-order valence-corrected chi connectivity index (χ2v) is 6.22. The highest BCUT2D eigenvalue weighted by molar-refractivity contribution is 6.33. The Hall–Kier alpha value is -3.55. The van der Waals surface area contributed by atoms with Crippen LogP contribution in [0.5, 0.6) is 11.5 Å². The lowest BCUT2D eigenvalue weighted by atomic mass is 10.0. The number of halogens is 1. The number of nitrogens with zero attached hydrogens (tertiary/aromatic N) is 1. The van der Waals surface area contributed by atoms with Crippen molar-refractivity contribution in [3.05, 3.63) is 94.5 Å². The third-order valence-electron chi connectivity index (χ3n) is 4.01. The van der Waals surface area contributed by atoms with Crippen molar-refractivity contribution in [2.24, 2.45) is 0 Å². The van der Waals surface area contributed by atoms with Crippen molar-refractivity contribution in [1.82, 2.24) is 0 Å². The first-order valence-corrected chi connectivity index (χ1v) is 8.82. The number of carbonyl (C=O) groups excluding carboxylic acids is 1. The third-order valence-corrected chi connectivity index (χ3v) is 4.34. The summed E-state index contributed by atoms with van der Waals surface area (Å²) in [6.07, 6.45) is 1.75. The Labute approximate surface area is 168 Å². The molecule has 0 N–H and O–H groups in total. The van der Waals surface area contributed by atoms with E-state index in [2.05, 4.69) is 6.07 Å². The van der Waals surface area contributed by atoms with Crippen LogP contribution in [0.1, 0.15) is 21.5 Å². The molecule has 0 aliphatic carbocycles. The molecule has 138 valence electrons. The van der Waals surface area contributed by atoms with Crippen LogP contribution in [0.4, 0.5) is 0 Å². The number of hydrogen-bond acceptors (Lipinski definition) is 4. The SMILES string of the molecule is COc1ccccc1/C(C#N)=C\c1ccc(OC(=O)c2ccccc2Cl)cc1. The molecule has 0 aliphatic heterocycles. The molecule has 0 aromatic heterocycles. The predicted octanol–water partition coefficient (Wildman–Crippen LogP) is 5.63. The van der Waals surface area contributed by atoms with E-state index in [4.69, 9.17) is 21.1 Å². The van der Waals surface area contributed by atoms with Crippen molar-refractivity contribution in [1.29, 1.82) is 5.26 Å². The van der Waals surface area contributed by atoms with Gasteiger partial charge in [0.2, 0.25) is 0 Å². The summed E-state index contributed by atoms with van der Waals surface area (Å²) in [6.45, 7) is 0. The predicted molar refractivity (Wildman–Crippen MR) is 109 cm³/mol. The Morgan fingerprint density at radius 3 is 2.25 bits per heavy atom. The molecule has 0 bridgehead atoms. The largest absolute Gasteiger partial charge is 0.496 e. The Morgan fingerprint density at radius 1 is 0.964 bits per heavy atom. The van der Waals surface area contributed by atoms with Crippen molar-refractivity contribution < 1.29 is 14.3 Å². The van der Waals surface area contributed by atoms with E-state index < -0.39 is 5.97 Å². The molecular formula is C23H16ClNO3. The van der Waals surface area contributed by atoms with Crippen LogP contribution in [-0.2, 0) is 0 Å². The van der Waals surface area contributed by atoms with Gasteiger partial charge in [0.25, 0.3) is 0 Å². The van der Waals surface area contributed by atoms with E-state index in [1.807, 2.05) is 18.2 Å². The van der Waals surface area contributed by atoms with Crippen LogP contribution in [-0.4, -0.2) is 13.1 Å². The maximum absolute atomic E-state index is 12.2. The van der Waals surface area contributed by atoms with Crippen LogP contribution in [0, 0.1) is 11.3 Å². The standard InChI is InChI=1S/C23H16ClNO3/c1-27-22-9-5-3-6-19(22)17(15-25)14-16-10-12-18(13-11-16)28-23(26)20-7-2-4-8-21(20)24/h2-14H,1H3/b17-14-. The number of para-hydroxylation sites is 1. The van der Waals surface area contributed by atoms with E-state index in [0.29, 0.717) is 33.2 Å². The summed E-state index contributed by atoms with van der Waals surface area (Å²) in [6, 6.07) is 23.1. The van der Waals surface area contributed by atoms with Crippen molar-refractivity contribution in [2.75, 3.05) is 7.11 Å². The van der Waals surface area contributed by atoms with Gasteiger partial charge < -0.3 is 9.47 Å². The average molecular weight is 390 g/mol. The molecule has 4 nitrogen and oxygen atoms in total. The van der Waals surface area contributed by atoms with Gasteiger partial charge in [0.1, 0.15) is 11.5 Å². The van der Waals surface area contributed by atoms with Gasteiger partial charge in [-0.15, -0.1) is 0 Å². The molecule has 3 aromatic rings. The molecular weight excluding hydrogens is 374 g/mol. The zero-order valence-electron chi connectivity index (χ0n) is 15.1. The summed E-state index contributed by atoms with van der Waals surface area (Å²) in [7, 11) is 1.57. The average Bonchev–Trinajstić information content (AvgIpc) is 2.73. The van der Waals surface area contributed by atoms with Crippen LogP contribution < -0.4 is 9.47 Å². The van der Waals surface area contributed by atoms with Gasteiger partial charge in [-0.3, -0.25) is 0 Å². The molecule has 0 amide bonds. The summed E-state index contributed by atoms with van der Waals surface area (Å²) < 4.78 is 10.7. The summed E-state index contributed by atoms with van der Waals surface area (Å²) in [5.41, 5.74) is 2.27. The molecule has 28 heavy (non-hydrogen) atoms. The monoisotopic (exact) mass is 389 g/mol. The highest BCUT2D eigenvalue weighted by Crippen LogP contribution is 2.27. The van der Waals surface area contributed by atoms with Crippen LogP contribution in [0.15, 0.2) is 72.8 Å². The van der Waals surface area contributed by atoms with E-state index in [0.717, 1.165) is 5.56 Å². The molecule has 0 radical (unpaired) electrons. The Balaban J connectivity index is 1.80. The second-order valence-electron chi connectivity index (χ2n) is 5.81. The zero-order valence-corrected chi connectivity index (χ0v) is 15.8. The van der Waals surface area contributed by atoms with E-state index in [-0.39, 0.29) is 0 Å². The first-order valence-electron chi connectivity index (χ1n) is 8.44. The number of rotatable bonds is 5. The first-order chi connectivity index (χ1) is 13.6. The lowest BCUT2D eigenvalue weighted by molar-refractivity contribution is 0.0735. The molecule has 5 heteroatoms. The number of ether oxygens (including phenoxy) is 2. The molecule has 0 aliphatic rings. The van der Waals surface area contributed by atoms with Gasteiger partial charge >= 0.3 is 5.97 Å². The summed E-state index contributed by atoms with van der Waals surface area (Å²) in [4.78, 5) is 12.2. The minimum Gasteiger partial charge on any atom is -0.496 e. The lowest BCUT2D eigenvalue weighted by Gasteiger charge is -2.08. The second kappa shape index (κ2) is 8.90. The normalized spacial score (nSPS) is 10.8. The Morgan fingerprint density at radius 2 is 1.61 bits per heavy atom. The van der Waals surface area contributed by atoms with Crippen LogP contribution >= 0.6 is 11.6 Å². The van der Waals surface area contributed by atoms with Crippen LogP contribution in [0.3, 0.4) is 0 Å². The molecule has 0 saturated carbocycles. The number of benzene rings is 3. The minimum absolute atomic E-state index is 0.302. The highest BCUT2D eigenvalue weighted by atomic mass is 35.5. The van der Waals surface area contributed by atoms with Crippen molar-refractivity contribution in [2.45, 2.75) is 0 Å². The van der Waals surface area contributed by atoms with Crippen molar-refractivity contribution >= 4 is 29.2 Å². The Bertz CT molecular complexity index is 1070. The molecule has 0 fully saturated rings. The molecule has 0 atom stereocenters. The molecule has 0 spiro atoms. The highest BCUT2D eigenvalue weighted by Gasteiger charge is 2.12.